The third kappa shape index (κ3) is 2.23. The molecular formula is C18H26N2O. The smallest absolute Gasteiger partial charge is 0.319 e. The van der Waals surface area contributed by atoms with E-state index in [4.69, 9.17) is 0 Å². The molecule has 2 amide bonds. The topological polar surface area (TPSA) is 41.1 Å². The van der Waals surface area contributed by atoms with Gasteiger partial charge in [-0.1, -0.05) is 38.5 Å². The molecule has 2 aliphatic carbocycles. The normalized spacial score (nSPS) is 33.0. The summed E-state index contributed by atoms with van der Waals surface area (Å²) >= 11 is 0. The Labute approximate surface area is 127 Å². The molecule has 2 saturated carbocycles. The van der Waals surface area contributed by atoms with Crippen LogP contribution in [0.1, 0.15) is 45.6 Å². The molecule has 2 bridgehead atoms. The molecular weight excluding hydrogens is 260 g/mol. The zero-order chi connectivity index (χ0) is 15.3. The van der Waals surface area contributed by atoms with Crippen LogP contribution in [0.4, 0.5) is 10.5 Å². The molecule has 1 aromatic rings. The molecule has 114 valence electrons. The second-order valence-electron chi connectivity index (χ2n) is 7.63. The summed E-state index contributed by atoms with van der Waals surface area (Å²) in [5, 5.41) is 6.17. The molecule has 3 nitrogen and oxygen atoms in total. The fraction of sp³-hybridized carbons (Fsp3) is 0.611. The number of fused-ring (bicyclic) bond motifs is 2. The Morgan fingerprint density at radius 1 is 1.19 bits per heavy atom. The van der Waals surface area contributed by atoms with Crippen molar-refractivity contribution in [3.63, 3.8) is 0 Å². The van der Waals surface area contributed by atoms with Gasteiger partial charge in [0.15, 0.2) is 0 Å². The van der Waals surface area contributed by atoms with Crippen molar-refractivity contribution in [2.45, 2.75) is 53.0 Å². The summed E-state index contributed by atoms with van der Waals surface area (Å²) in [6, 6.07) is 8.13. The number of rotatable bonds is 2. The quantitative estimate of drug-likeness (QED) is 0.834. The highest BCUT2D eigenvalue weighted by atomic mass is 16.2. The maximum atomic E-state index is 12.3. The van der Waals surface area contributed by atoms with Crippen LogP contribution in [0.25, 0.3) is 0 Å². The van der Waals surface area contributed by atoms with E-state index in [1.807, 2.05) is 31.2 Å². The van der Waals surface area contributed by atoms with E-state index in [2.05, 4.69) is 31.4 Å². The molecule has 2 N–H and O–H groups in total. The number of amides is 2. The second-order valence-corrected chi connectivity index (χ2v) is 7.63. The maximum absolute atomic E-state index is 12.3. The van der Waals surface area contributed by atoms with Gasteiger partial charge in [-0.2, -0.15) is 0 Å². The Morgan fingerprint density at radius 3 is 2.38 bits per heavy atom. The van der Waals surface area contributed by atoms with Crippen LogP contribution < -0.4 is 10.6 Å². The number of carbonyl (C=O) groups is 1. The van der Waals surface area contributed by atoms with Crippen molar-refractivity contribution < 1.29 is 4.79 Å². The molecule has 3 heteroatoms. The molecule has 3 atom stereocenters. The van der Waals surface area contributed by atoms with Crippen molar-refractivity contribution in [2.75, 3.05) is 5.32 Å². The number of nitrogens with one attached hydrogen (secondary N) is 2. The van der Waals surface area contributed by atoms with Gasteiger partial charge in [0.1, 0.15) is 0 Å². The van der Waals surface area contributed by atoms with Crippen LogP contribution in [0.5, 0.6) is 0 Å². The fourth-order valence-corrected chi connectivity index (χ4v) is 4.38. The van der Waals surface area contributed by atoms with Crippen molar-refractivity contribution in [2.24, 2.45) is 16.7 Å². The molecule has 0 aromatic heterocycles. The number of carbonyl (C=O) groups excluding carboxylic acids is 1. The first-order valence-corrected chi connectivity index (χ1v) is 7.97. The maximum Gasteiger partial charge on any atom is 0.319 e. The van der Waals surface area contributed by atoms with Gasteiger partial charge in [0.25, 0.3) is 0 Å². The highest BCUT2D eigenvalue weighted by Crippen LogP contribution is 2.65. The third-order valence-corrected chi connectivity index (χ3v) is 6.41. The Balaban J connectivity index is 1.65. The summed E-state index contributed by atoms with van der Waals surface area (Å²) in [5.41, 5.74) is 2.60. The van der Waals surface area contributed by atoms with E-state index in [1.54, 1.807) is 0 Å². The molecule has 2 fully saturated rings. The van der Waals surface area contributed by atoms with Gasteiger partial charge >= 0.3 is 6.03 Å². The second kappa shape index (κ2) is 4.75. The van der Waals surface area contributed by atoms with E-state index >= 15 is 0 Å². The average Bonchev–Trinajstić information content (AvgIpc) is 2.74. The summed E-state index contributed by atoms with van der Waals surface area (Å²) < 4.78 is 0. The van der Waals surface area contributed by atoms with Gasteiger partial charge in [-0.15, -0.1) is 0 Å². The number of hydrogen-bond acceptors (Lipinski definition) is 1. The van der Waals surface area contributed by atoms with Gasteiger partial charge < -0.3 is 10.6 Å². The Hall–Kier alpha value is -1.51. The Kier molecular flexibility index (Phi) is 3.27. The van der Waals surface area contributed by atoms with Crippen molar-refractivity contribution in [3.8, 4) is 0 Å². The lowest BCUT2D eigenvalue weighted by molar-refractivity contribution is 0.125. The van der Waals surface area contributed by atoms with Crippen LogP contribution >= 0.6 is 0 Å². The van der Waals surface area contributed by atoms with E-state index in [1.165, 1.54) is 18.4 Å². The van der Waals surface area contributed by atoms with Gasteiger partial charge in [0, 0.05) is 11.7 Å². The van der Waals surface area contributed by atoms with Gasteiger partial charge in [-0.05, 0) is 55.1 Å². The first-order chi connectivity index (χ1) is 9.83. The fourth-order valence-electron chi connectivity index (χ4n) is 4.38. The van der Waals surface area contributed by atoms with Gasteiger partial charge in [-0.25, -0.2) is 4.79 Å². The number of hydrogen-bond donors (Lipinski definition) is 2. The van der Waals surface area contributed by atoms with Crippen molar-refractivity contribution in [1.29, 1.82) is 0 Å². The standard InChI is InChI=1S/C18H26N2O/c1-12-5-7-14(8-6-12)19-16(21)20-15-11-13-9-10-18(15,4)17(13,2)3/h5-8,13,15H,9-11H2,1-4H3,(H2,19,20,21)/t13-,15-,18-/m1/s1. The van der Waals surface area contributed by atoms with Gasteiger partial charge in [0.05, 0.1) is 0 Å². The predicted molar refractivity (Wildman–Crippen MR) is 86.4 cm³/mol. The summed E-state index contributed by atoms with van der Waals surface area (Å²) in [6.45, 7) is 9.12. The number of urea groups is 1. The average molecular weight is 286 g/mol. The first kappa shape index (κ1) is 14.4. The highest BCUT2D eigenvalue weighted by Gasteiger charge is 2.61. The van der Waals surface area contributed by atoms with Gasteiger partial charge in [0.2, 0.25) is 0 Å². The molecule has 0 aliphatic heterocycles. The summed E-state index contributed by atoms with van der Waals surface area (Å²) in [4.78, 5) is 12.3. The lowest BCUT2D eigenvalue weighted by Crippen LogP contribution is -2.48. The van der Waals surface area contributed by atoms with E-state index < -0.39 is 0 Å². The minimum Gasteiger partial charge on any atom is -0.335 e. The predicted octanol–water partition coefficient (Wildman–Crippen LogP) is 4.33. The van der Waals surface area contributed by atoms with Crippen LogP contribution in [-0.2, 0) is 0 Å². The molecule has 0 unspecified atom stereocenters. The molecule has 1 aromatic carbocycles. The molecule has 2 aliphatic rings. The largest absolute Gasteiger partial charge is 0.335 e. The van der Waals surface area contributed by atoms with Crippen LogP contribution in [0.15, 0.2) is 24.3 Å². The molecule has 0 spiro atoms. The number of anilines is 1. The zero-order valence-electron chi connectivity index (χ0n) is 13.5. The summed E-state index contributed by atoms with van der Waals surface area (Å²) in [7, 11) is 0. The van der Waals surface area contributed by atoms with E-state index in [-0.39, 0.29) is 17.5 Å². The van der Waals surface area contributed by atoms with Crippen molar-refractivity contribution in [3.05, 3.63) is 29.8 Å². The Morgan fingerprint density at radius 2 is 1.86 bits per heavy atom. The van der Waals surface area contributed by atoms with E-state index in [9.17, 15) is 4.79 Å². The van der Waals surface area contributed by atoms with Crippen LogP contribution in [0.3, 0.4) is 0 Å². The molecule has 0 heterocycles. The van der Waals surface area contributed by atoms with Crippen LogP contribution in [0.2, 0.25) is 0 Å². The SMILES string of the molecule is Cc1ccc(NC(=O)N[C@@H]2C[C@H]3CC[C@@]2(C)C3(C)C)cc1. The first-order valence-electron chi connectivity index (χ1n) is 7.97. The third-order valence-electron chi connectivity index (χ3n) is 6.41. The monoisotopic (exact) mass is 286 g/mol. The number of aryl methyl sites for hydroxylation is 1. The van der Waals surface area contributed by atoms with Crippen LogP contribution in [0, 0.1) is 23.7 Å². The summed E-state index contributed by atoms with van der Waals surface area (Å²) in [6.07, 6.45) is 3.65. The van der Waals surface area contributed by atoms with Crippen LogP contribution in [-0.4, -0.2) is 12.1 Å². The molecule has 21 heavy (non-hydrogen) atoms. The van der Waals surface area contributed by atoms with Crippen molar-refractivity contribution in [1.82, 2.24) is 5.32 Å². The lowest BCUT2D eigenvalue weighted by atomic mass is 9.69. The number of benzene rings is 1. The lowest BCUT2D eigenvalue weighted by Gasteiger charge is -2.39. The molecule has 0 radical (unpaired) electrons. The van der Waals surface area contributed by atoms with Crippen molar-refractivity contribution >= 4 is 11.7 Å². The Bertz CT molecular complexity index is 549. The molecule has 3 rings (SSSR count). The van der Waals surface area contributed by atoms with E-state index in [0.717, 1.165) is 18.0 Å². The zero-order valence-corrected chi connectivity index (χ0v) is 13.5. The minimum absolute atomic E-state index is 0.0755. The summed E-state index contributed by atoms with van der Waals surface area (Å²) in [5.74, 6) is 0.743. The van der Waals surface area contributed by atoms with E-state index in [0.29, 0.717) is 5.41 Å². The molecule has 0 saturated heterocycles. The highest BCUT2D eigenvalue weighted by molar-refractivity contribution is 5.89. The minimum atomic E-state index is -0.0755. The van der Waals surface area contributed by atoms with Gasteiger partial charge in [-0.3, -0.25) is 0 Å².